The summed E-state index contributed by atoms with van der Waals surface area (Å²) in [5.74, 6) is 0.897. The minimum absolute atomic E-state index is 0.0265. The van der Waals surface area contributed by atoms with Gasteiger partial charge in [-0.1, -0.05) is 12.1 Å². The quantitative estimate of drug-likeness (QED) is 0.369. The van der Waals surface area contributed by atoms with Gasteiger partial charge in [-0.25, -0.2) is 4.98 Å². The number of pyridine rings is 1. The van der Waals surface area contributed by atoms with Gasteiger partial charge in [-0.2, -0.15) is 9.61 Å². The van der Waals surface area contributed by atoms with E-state index in [0.717, 1.165) is 40.0 Å². The van der Waals surface area contributed by atoms with E-state index < -0.39 is 0 Å². The third-order valence-corrected chi connectivity index (χ3v) is 6.83. The molecule has 2 amide bonds. The van der Waals surface area contributed by atoms with Crippen LogP contribution in [0.2, 0.25) is 0 Å². The lowest BCUT2D eigenvalue weighted by Crippen LogP contribution is -2.38. The molecule has 0 aliphatic carbocycles. The molecule has 9 nitrogen and oxygen atoms in total. The Morgan fingerprint density at radius 2 is 1.94 bits per heavy atom. The first-order valence-corrected chi connectivity index (χ1v) is 12.6. The number of likely N-dealkylation sites (tertiary alicyclic amines) is 1. The smallest absolute Gasteiger partial charge is 0.253 e. The number of aromatic nitrogens is 4. The summed E-state index contributed by atoms with van der Waals surface area (Å²) in [6.07, 6.45) is 6.97. The summed E-state index contributed by atoms with van der Waals surface area (Å²) in [6.45, 7) is 3.35. The lowest BCUT2D eigenvalue weighted by atomic mass is 9.92. The zero-order chi connectivity index (χ0) is 25.1. The summed E-state index contributed by atoms with van der Waals surface area (Å²) in [5.41, 5.74) is 4.01. The summed E-state index contributed by atoms with van der Waals surface area (Å²) in [7, 11) is 0. The number of amides is 2. The van der Waals surface area contributed by atoms with Crippen molar-refractivity contribution in [2.45, 2.75) is 32.2 Å². The minimum Gasteiger partial charge on any atom is -0.366 e. The Hall–Kier alpha value is -3.79. The third-order valence-electron chi connectivity index (χ3n) is 6.28. The predicted molar refractivity (Wildman–Crippen MR) is 141 cm³/mol. The minimum atomic E-state index is -0.163. The molecule has 0 atom stereocenters. The average Bonchev–Trinajstić information content (AvgIpc) is 3.28. The van der Waals surface area contributed by atoms with E-state index in [1.807, 2.05) is 23.2 Å². The van der Waals surface area contributed by atoms with Gasteiger partial charge in [-0.3, -0.25) is 14.6 Å². The molecule has 1 fully saturated rings. The van der Waals surface area contributed by atoms with Crippen molar-refractivity contribution >= 4 is 44.9 Å². The lowest BCUT2D eigenvalue weighted by molar-refractivity contribution is -0.114. The highest BCUT2D eigenvalue weighted by Gasteiger charge is 2.26. The van der Waals surface area contributed by atoms with Crippen molar-refractivity contribution < 1.29 is 9.59 Å². The molecule has 1 aliphatic rings. The fraction of sp³-hybridized carbons (Fsp3) is 0.269. The van der Waals surface area contributed by atoms with Gasteiger partial charge < -0.3 is 15.5 Å². The maximum absolute atomic E-state index is 13.1. The molecule has 0 spiro atoms. The van der Waals surface area contributed by atoms with E-state index in [9.17, 15) is 9.59 Å². The number of piperidine rings is 1. The van der Waals surface area contributed by atoms with E-state index in [1.165, 1.54) is 6.92 Å². The Morgan fingerprint density at radius 3 is 2.69 bits per heavy atom. The largest absolute Gasteiger partial charge is 0.366 e. The van der Waals surface area contributed by atoms with Crippen LogP contribution in [0.3, 0.4) is 0 Å². The van der Waals surface area contributed by atoms with Crippen molar-refractivity contribution in [3.8, 4) is 0 Å². The number of rotatable bonds is 6. The van der Waals surface area contributed by atoms with Gasteiger partial charge in [-0.05, 0) is 58.6 Å². The number of nitrogens with zero attached hydrogens (tertiary/aromatic N) is 5. The van der Waals surface area contributed by atoms with Crippen LogP contribution < -0.4 is 10.6 Å². The second kappa shape index (κ2) is 10.4. The monoisotopic (exact) mass is 547 g/mol. The highest BCUT2D eigenvalue weighted by Crippen LogP contribution is 2.31. The van der Waals surface area contributed by atoms with Crippen LogP contribution in [-0.4, -0.2) is 49.4 Å². The molecule has 1 aromatic carbocycles. The van der Waals surface area contributed by atoms with Crippen molar-refractivity contribution in [2.24, 2.45) is 0 Å². The summed E-state index contributed by atoms with van der Waals surface area (Å²) < 4.78 is 2.63. The lowest BCUT2D eigenvalue weighted by Gasteiger charge is -2.32. The van der Waals surface area contributed by atoms with Crippen molar-refractivity contribution in [2.75, 3.05) is 23.7 Å². The van der Waals surface area contributed by atoms with Gasteiger partial charge in [-0.15, -0.1) is 0 Å². The van der Waals surface area contributed by atoms with Crippen molar-refractivity contribution in [3.05, 3.63) is 82.3 Å². The molecule has 4 heterocycles. The van der Waals surface area contributed by atoms with Crippen LogP contribution in [0.15, 0.2) is 65.5 Å². The molecule has 1 aliphatic heterocycles. The number of fused-ring (bicyclic) bond motifs is 1. The first-order chi connectivity index (χ1) is 17.5. The number of carbonyl (C=O) groups excluding carboxylic acids is 2. The van der Waals surface area contributed by atoms with Crippen LogP contribution in [-0.2, 0) is 11.3 Å². The number of hydrogen-bond acceptors (Lipinski definition) is 6. The SMILES string of the molecule is CC(=O)Nc1cccc(C(=O)N2CCC(c3cc(NCc4cccnc4)n4ncc(Br)c4n3)CC2)c1. The summed E-state index contributed by atoms with van der Waals surface area (Å²) in [4.78, 5) is 35.4. The van der Waals surface area contributed by atoms with Gasteiger partial charge in [0, 0.05) is 67.9 Å². The number of nitrogens with one attached hydrogen (secondary N) is 2. The van der Waals surface area contributed by atoms with E-state index in [2.05, 4.69) is 42.7 Å². The van der Waals surface area contributed by atoms with Crippen LogP contribution in [0.25, 0.3) is 5.65 Å². The molecule has 0 radical (unpaired) electrons. The Labute approximate surface area is 217 Å². The zero-order valence-electron chi connectivity index (χ0n) is 19.8. The molecule has 10 heteroatoms. The Morgan fingerprint density at radius 1 is 1.11 bits per heavy atom. The average molecular weight is 548 g/mol. The number of benzene rings is 1. The van der Waals surface area contributed by atoms with Gasteiger partial charge in [0.25, 0.3) is 5.91 Å². The van der Waals surface area contributed by atoms with Crippen LogP contribution in [0.1, 0.15) is 47.3 Å². The van der Waals surface area contributed by atoms with Gasteiger partial charge >= 0.3 is 0 Å². The molecule has 0 saturated carbocycles. The fourth-order valence-electron chi connectivity index (χ4n) is 4.48. The van der Waals surface area contributed by atoms with Crippen LogP contribution in [0, 0.1) is 0 Å². The summed E-state index contributed by atoms with van der Waals surface area (Å²) >= 11 is 3.57. The molecule has 0 unspecified atom stereocenters. The second-order valence-corrected chi connectivity index (χ2v) is 9.69. The number of hydrogen-bond donors (Lipinski definition) is 2. The molecule has 4 aromatic rings. The zero-order valence-corrected chi connectivity index (χ0v) is 21.4. The van der Waals surface area contributed by atoms with Gasteiger partial charge in [0.2, 0.25) is 5.91 Å². The number of halogens is 1. The topological polar surface area (TPSA) is 105 Å². The molecule has 0 bridgehead atoms. The third kappa shape index (κ3) is 5.23. The Balaban J connectivity index is 1.30. The molecule has 36 heavy (non-hydrogen) atoms. The van der Waals surface area contributed by atoms with E-state index in [1.54, 1.807) is 41.2 Å². The van der Waals surface area contributed by atoms with Crippen LogP contribution >= 0.6 is 15.9 Å². The predicted octanol–water partition coefficient (Wildman–Crippen LogP) is 4.48. The first-order valence-electron chi connectivity index (χ1n) is 11.8. The highest BCUT2D eigenvalue weighted by molar-refractivity contribution is 9.10. The standard InChI is InChI=1S/C26H26BrN7O2/c1-17(35)31-21-6-2-5-20(12-21)26(36)33-10-7-19(8-11-33)23-13-24(29-15-18-4-3-9-28-14-18)34-25(32-23)22(27)16-30-34/h2-6,9,12-14,16,19,29H,7-8,10-11,15H2,1H3,(H,31,35). The van der Waals surface area contributed by atoms with E-state index in [-0.39, 0.29) is 17.7 Å². The van der Waals surface area contributed by atoms with Crippen molar-refractivity contribution in [1.29, 1.82) is 0 Å². The van der Waals surface area contributed by atoms with Crippen molar-refractivity contribution in [1.82, 2.24) is 24.5 Å². The molecular formula is C26H26BrN7O2. The van der Waals surface area contributed by atoms with Gasteiger partial charge in [0.05, 0.1) is 10.7 Å². The second-order valence-electron chi connectivity index (χ2n) is 8.84. The first kappa shape index (κ1) is 23.9. The normalized spacial score (nSPS) is 14.1. The maximum atomic E-state index is 13.1. The highest BCUT2D eigenvalue weighted by atomic mass is 79.9. The molecule has 3 aromatic heterocycles. The number of carbonyl (C=O) groups is 2. The van der Waals surface area contributed by atoms with Gasteiger partial charge in [0.1, 0.15) is 5.82 Å². The molecular weight excluding hydrogens is 522 g/mol. The van der Waals surface area contributed by atoms with Crippen molar-refractivity contribution in [3.63, 3.8) is 0 Å². The van der Waals surface area contributed by atoms with Gasteiger partial charge in [0.15, 0.2) is 5.65 Å². The molecule has 184 valence electrons. The van der Waals surface area contributed by atoms with Crippen LogP contribution in [0.4, 0.5) is 11.5 Å². The Kier molecular flexibility index (Phi) is 6.95. The number of anilines is 2. The summed E-state index contributed by atoms with van der Waals surface area (Å²) in [6, 6.07) is 13.1. The van der Waals surface area contributed by atoms with E-state index in [4.69, 9.17) is 4.98 Å². The molecule has 2 N–H and O–H groups in total. The molecule has 5 rings (SSSR count). The fourth-order valence-corrected chi connectivity index (χ4v) is 4.83. The molecule has 1 saturated heterocycles. The maximum Gasteiger partial charge on any atom is 0.253 e. The summed E-state index contributed by atoms with van der Waals surface area (Å²) in [5, 5.41) is 10.7. The van der Waals surface area contributed by atoms with Crippen LogP contribution in [0.5, 0.6) is 0 Å². The Bertz CT molecular complexity index is 1400. The van der Waals surface area contributed by atoms with E-state index >= 15 is 0 Å². The van der Waals surface area contributed by atoms with E-state index in [0.29, 0.717) is 30.9 Å².